The molecule has 2 aromatic rings. The lowest BCUT2D eigenvalue weighted by Crippen LogP contribution is -2.43. The largest absolute Gasteiger partial charge is 0.508 e. The Labute approximate surface area is 153 Å². The van der Waals surface area contributed by atoms with E-state index in [1.165, 1.54) is 0 Å². The van der Waals surface area contributed by atoms with Gasteiger partial charge >= 0.3 is 0 Å². The van der Waals surface area contributed by atoms with Crippen molar-refractivity contribution >= 4 is 5.91 Å². The lowest BCUT2D eigenvalue weighted by molar-refractivity contribution is 0.0683. The maximum absolute atomic E-state index is 13.0. The van der Waals surface area contributed by atoms with E-state index in [0.717, 1.165) is 18.4 Å². The number of benzene rings is 1. The van der Waals surface area contributed by atoms with Crippen LogP contribution in [0, 0.1) is 5.92 Å². The van der Waals surface area contributed by atoms with E-state index in [2.05, 4.69) is 15.1 Å². The molecule has 0 bridgehead atoms. The number of aliphatic hydroxyl groups is 1. The van der Waals surface area contributed by atoms with Crippen molar-refractivity contribution < 1.29 is 15.0 Å². The van der Waals surface area contributed by atoms with Crippen molar-refractivity contribution in [2.75, 3.05) is 33.8 Å². The summed E-state index contributed by atoms with van der Waals surface area (Å²) < 4.78 is 0. The van der Waals surface area contributed by atoms with Gasteiger partial charge in [0.2, 0.25) is 0 Å². The maximum atomic E-state index is 13.0. The smallest absolute Gasteiger partial charge is 0.271 e. The molecule has 1 amide bonds. The molecule has 0 unspecified atom stereocenters. The second kappa shape index (κ2) is 7.88. The molecule has 1 aliphatic rings. The van der Waals surface area contributed by atoms with Gasteiger partial charge in [0, 0.05) is 31.3 Å². The average molecular weight is 358 g/mol. The summed E-state index contributed by atoms with van der Waals surface area (Å²) in [6.45, 7) is 1.27. The molecule has 0 saturated carbocycles. The van der Waals surface area contributed by atoms with E-state index in [9.17, 15) is 15.0 Å². The van der Waals surface area contributed by atoms with Crippen LogP contribution in [0.2, 0.25) is 0 Å². The van der Waals surface area contributed by atoms with E-state index in [0.29, 0.717) is 24.5 Å². The van der Waals surface area contributed by atoms with Crippen LogP contribution >= 0.6 is 0 Å². The third-order valence-corrected chi connectivity index (χ3v) is 5.06. The first-order valence-electron chi connectivity index (χ1n) is 8.89. The van der Waals surface area contributed by atoms with Crippen LogP contribution in [0.4, 0.5) is 0 Å². The van der Waals surface area contributed by atoms with Gasteiger partial charge in [0.1, 0.15) is 11.4 Å². The van der Waals surface area contributed by atoms with Gasteiger partial charge in [-0.1, -0.05) is 0 Å². The molecule has 2 atom stereocenters. The summed E-state index contributed by atoms with van der Waals surface area (Å²) in [5.74, 6) is 0.188. The summed E-state index contributed by atoms with van der Waals surface area (Å²) in [5, 5.41) is 26.1. The van der Waals surface area contributed by atoms with Gasteiger partial charge in [-0.25, -0.2) is 0 Å². The number of nitrogens with one attached hydrogen (secondary N) is 1. The van der Waals surface area contributed by atoms with Crippen LogP contribution in [0.5, 0.6) is 5.75 Å². The molecule has 0 radical (unpaired) electrons. The minimum Gasteiger partial charge on any atom is -0.508 e. The van der Waals surface area contributed by atoms with Crippen molar-refractivity contribution in [3.63, 3.8) is 0 Å². The molecule has 0 aliphatic carbocycles. The first kappa shape index (κ1) is 18.4. The number of hydrogen-bond acceptors (Lipinski definition) is 5. The SMILES string of the molecule is CN(C)[C@@H]1CC[C@H](CO)CN(C(=O)c2cc(-c3ccc(O)cc3)n[nH]2)C1. The molecule has 7 nitrogen and oxygen atoms in total. The number of amides is 1. The topological polar surface area (TPSA) is 92.7 Å². The van der Waals surface area contributed by atoms with Crippen molar-refractivity contribution in [2.45, 2.75) is 18.9 Å². The van der Waals surface area contributed by atoms with E-state index < -0.39 is 0 Å². The molecule has 1 aliphatic heterocycles. The Hall–Kier alpha value is -2.38. The van der Waals surface area contributed by atoms with Crippen LogP contribution in [0.1, 0.15) is 23.3 Å². The molecular weight excluding hydrogens is 332 g/mol. The number of aromatic nitrogens is 2. The third kappa shape index (κ3) is 4.05. The van der Waals surface area contributed by atoms with Crippen LogP contribution < -0.4 is 0 Å². The summed E-state index contributed by atoms with van der Waals surface area (Å²) in [6, 6.07) is 8.71. The summed E-state index contributed by atoms with van der Waals surface area (Å²) >= 11 is 0. The fraction of sp³-hybridized carbons (Fsp3) is 0.474. The number of carbonyl (C=O) groups excluding carboxylic acids is 1. The number of likely N-dealkylation sites (N-methyl/N-ethyl adjacent to an activating group) is 1. The molecule has 1 saturated heterocycles. The minimum atomic E-state index is -0.102. The number of hydrogen-bond donors (Lipinski definition) is 3. The van der Waals surface area contributed by atoms with Crippen LogP contribution in [-0.4, -0.2) is 76.0 Å². The van der Waals surface area contributed by atoms with E-state index in [-0.39, 0.29) is 30.2 Å². The summed E-state index contributed by atoms with van der Waals surface area (Å²) in [4.78, 5) is 16.9. The van der Waals surface area contributed by atoms with Crippen LogP contribution in [0.15, 0.2) is 30.3 Å². The van der Waals surface area contributed by atoms with Crippen molar-refractivity contribution in [3.8, 4) is 17.0 Å². The first-order chi connectivity index (χ1) is 12.5. The highest BCUT2D eigenvalue weighted by Crippen LogP contribution is 2.23. The molecule has 1 aromatic carbocycles. The van der Waals surface area contributed by atoms with Gasteiger partial charge in [0.15, 0.2) is 0 Å². The maximum Gasteiger partial charge on any atom is 0.271 e. The molecule has 3 N–H and O–H groups in total. The first-order valence-corrected chi connectivity index (χ1v) is 8.89. The Morgan fingerprint density at radius 2 is 2.00 bits per heavy atom. The number of rotatable bonds is 4. The molecule has 2 heterocycles. The molecular formula is C19H26N4O3. The number of likely N-dealkylation sites (tertiary alicyclic amines) is 1. The van der Waals surface area contributed by atoms with Crippen molar-refractivity contribution in [2.24, 2.45) is 5.92 Å². The number of phenolic OH excluding ortho intramolecular Hbond substituents is 1. The van der Waals surface area contributed by atoms with Gasteiger partial charge in [0.25, 0.3) is 5.91 Å². The fourth-order valence-corrected chi connectivity index (χ4v) is 3.37. The van der Waals surface area contributed by atoms with E-state index in [1.54, 1.807) is 30.3 Å². The summed E-state index contributed by atoms with van der Waals surface area (Å²) in [5.41, 5.74) is 1.92. The number of aromatic hydroxyl groups is 1. The molecule has 26 heavy (non-hydrogen) atoms. The average Bonchev–Trinajstić information content (AvgIpc) is 3.01. The second-order valence-electron chi connectivity index (χ2n) is 7.17. The molecule has 0 spiro atoms. The lowest BCUT2D eigenvalue weighted by Gasteiger charge is -2.28. The Morgan fingerprint density at radius 1 is 1.27 bits per heavy atom. The van der Waals surface area contributed by atoms with Crippen LogP contribution in [0.3, 0.4) is 0 Å². The zero-order chi connectivity index (χ0) is 18.7. The Kier molecular flexibility index (Phi) is 5.58. The molecule has 140 valence electrons. The number of H-pyrrole nitrogens is 1. The molecule has 3 rings (SSSR count). The highest BCUT2D eigenvalue weighted by atomic mass is 16.3. The summed E-state index contributed by atoms with van der Waals surface area (Å²) in [6.07, 6.45) is 1.87. The van der Waals surface area contributed by atoms with E-state index >= 15 is 0 Å². The Balaban J connectivity index is 1.79. The van der Waals surface area contributed by atoms with Gasteiger partial charge in [-0.3, -0.25) is 9.89 Å². The summed E-state index contributed by atoms with van der Waals surface area (Å²) in [7, 11) is 4.04. The Bertz CT molecular complexity index is 741. The van der Waals surface area contributed by atoms with Crippen LogP contribution in [0.25, 0.3) is 11.3 Å². The quantitative estimate of drug-likeness (QED) is 0.771. The zero-order valence-corrected chi connectivity index (χ0v) is 15.2. The number of carbonyl (C=O) groups is 1. The zero-order valence-electron chi connectivity index (χ0n) is 15.2. The van der Waals surface area contributed by atoms with Crippen molar-refractivity contribution in [3.05, 3.63) is 36.0 Å². The number of phenols is 1. The van der Waals surface area contributed by atoms with Gasteiger partial charge in [-0.05, 0) is 63.2 Å². The highest BCUT2D eigenvalue weighted by molar-refractivity contribution is 5.93. The fourth-order valence-electron chi connectivity index (χ4n) is 3.37. The number of aliphatic hydroxyl groups excluding tert-OH is 1. The second-order valence-corrected chi connectivity index (χ2v) is 7.17. The van der Waals surface area contributed by atoms with Gasteiger partial charge in [-0.15, -0.1) is 0 Å². The molecule has 7 heteroatoms. The van der Waals surface area contributed by atoms with Gasteiger partial charge in [0.05, 0.1) is 5.69 Å². The van der Waals surface area contributed by atoms with E-state index in [1.807, 2.05) is 19.0 Å². The predicted molar refractivity (Wildman–Crippen MR) is 98.9 cm³/mol. The predicted octanol–water partition coefficient (Wildman–Crippen LogP) is 1.56. The minimum absolute atomic E-state index is 0.0890. The Morgan fingerprint density at radius 3 is 2.65 bits per heavy atom. The molecule has 1 aromatic heterocycles. The van der Waals surface area contributed by atoms with Crippen LogP contribution in [-0.2, 0) is 0 Å². The van der Waals surface area contributed by atoms with E-state index in [4.69, 9.17) is 0 Å². The number of nitrogens with zero attached hydrogens (tertiary/aromatic N) is 3. The van der Waals surface area contributed by atoms with Gasteiger partial charge in [-0.2, -0.15) is 5.10 Å². The van der Waals surface area contributed by atoms with Crippen molar-refractivity contribution in [1.29, 1.82) is 0 Å². The number of aromatic amines is 1. The third-order valence-electron chi connectivity index (χ3n) is 5.06. The monoisotopic (exact) mass is 358 g/mol. The molecule has 1 fully saturated rings. The lowest BCUT2D eigenvalue weighted by atomic mass is 10.0. The standard InChI is InChI=1S/C19H26N4O3/c1-22(2)15-6-3-13(12-24)10-23(11-15)19(26)18-9-17(20-21-18)14-4-7-16(25)8-5-14/h4-5,7-9,13,15,24-25H,3,6,10-12H2,1-2H3,(H,20,21)/t13-,15+/m0/s1. The normalized spacial score (nSPS) is 21.0. The van der Waals surface area contributed by atoms with Crippen molar-refractivity contribution in [1.82, 2.24) is 20.0 Å². The highest BCUT2D eigenvalue weighted by Gasteiger charge is 2.29. The van der Waals surface area contributed by atoms with Gasteiger partial charge < -0.3 is 20.0 Å².